The van der Waals surface area contributed by atoms with Gasteiger partial charge in [-0.05, 0) is 59.5 Å². The molecule has 0 radical (unpaired) electrons. The van der Waals surface area contributed by atoms with E-state index in [1.165, 1.54) is 12.0 Å². The number of carbonyl (C=O) groups excluding carboxylic acids is 2. The highest BCUT2D eigenvalue weighted by Crippen LogP contribution is 2.43. The Balaban J connectivity index is 1.56. The smallest absolute Gasteiger partial charge is 0.295 e. The Hall–Kier alpha value is -5.11. The second-order valence-corrected chi connectivity index (χ2v) is 9.84. The molecule has 1 unspecified atom stereocenters. The van der Waals surface area contributed by atoms with Crippen LogP contribution in [0, 0.1) is 0 Å². The third-order valence-corrected chi connectivity index (χ3v) is 6.96. The zero-order valence-electron chi connectivity index (χ0n) is 23.5. The van der Waals surface area contributed by atoms with Crippen molar-refractivity contribution in [2.75, 3.05) is 13.7 Å². The number of aliphatic hydroxyl groups is 1. The number of rotatable bonds is 11. The first-order chi connectivity index (χ1) is 20.5. The number of nitrogens with zero attached hydrogens (tertiary/aromatic N) is 2. The topological polar surface area (TPSA) is 98.2 Å². The molecule has 1 aromatic heterocycles. The molecule has 1 saturated heterocycles. The van der Waals surface area contributed by atoms with E-state index in [0.717, 1.165) is 17.5 Å². The summed E-state index contributed by atoms with van der Waals surface area (Å²) in [7, 11) is 1.53. The van der Waals surface area contributed by atoms with Crippen molar-refractivity contribution in [2.24, 2.45) is 0 Å². The minimum absolute atomic E-state index is 0.0123. The van der Waals surface area contributed by atoms with Crippen LogP contribution in [0.4, 0.5) is 0 Å². The maximum absolute atomic E-state index is 13.5. The number of aliphatic hydroxyl groups excluding tert-OH is 1. The zero-order chi connectivity index (χ0) is 29.5. The first-order valence-electron chi connectivity index (χ1n) is 13.7. The monoisotopic (exact) mass is 564 g/mol. The number of carbonyl (C=O) groups is 2. The van der Waals surface area contributed by atoms with Crippen molar-refractivity contribution < 1.29 is 28.9 Å². The first-order valence-corrected chi connectivity index (χ1v) is 13.7. The molecule has 1 atom stereocenters. The summed E-state index contributed by atoms with van der Waals surface area (Å²) in [6.07, 6.45) is 4.08. The average Bonchev–Trinajstić information content (AvgIpc) is 3.28. The standard InChI is InChI=1S/C34H32N2O6/c1-3-18-41-27-11-7-10-26(19-27)32(37)30-31(36(34(39)33(30)38)21-23-14-16-35-17-15-23)25-12-13-28(29(20-25)40-2)42-22-24-8-5-4-6-9-24/h4-17,19-20,31,37H,3,18,21-22H2,1-2H3. The summed E-state index contributed by atoms with van der Waals surface area (Å²) >= 11 is 0. The summed E-state index contributed by atoms with van der Waals surface area (Å²) in [4.78, 5) is 32.5. The summed E-state index contributed by atoms with van der Waals surface area (Å²) in [6.45, 7) is 3.00. The van der Waals surface area contributed by atoms with E-state index < -0.39 is 17.7 Å². The summed E-state index contributed by atoms with van der Waals surface area (Å²) in [5.74, 6) is -0.245. The van der Waals surface area contributed by atoms with E-state index in [1.807, 2.05) is 37.3 Å². The fourth-order valence-electron chi connectivity index (χ4n) is 4.89. The van der Waals surface area contributed by atoms with Gasteiger partial charge in [0.25, 0.3) is 11.7 Å². The van der Waals surface area contributed by atoms with E-state index in [4.69, 9.17) is 14.2 Å². The number of aromatic nitrogens is 1. The zero-order valence-corrected chi connectivity index (χ0v) is 23.5. The lowest BCUT2D eigenvalue weighted by Gasteiger charge is -2.26. The minimum atomic E-state index is -0.879. The van der Waals surface area contributed by atoms with Crippen molar-refractivity contribution in [1.82, 2.24) is 9.88 Å². The Morgan fingerprint density at radius 1 is 0.881 bits per heavy atom. The lowest BCUT2D eigenvalue weighted by molar-refractivity contribution is -0.140. The van der Waals surface area contributed by atoms with Crippen LogP contribution in [0.25, 0.3) is 5.76 Å². The minimum Gasteiger partial charge on any atom is -0.507 e. The number of methoxy groups -OCH3 is 1. The fourth-order valence-corrected chi connectivity index (χ4v) is 4.89. The molecule has 1 aliphatic heterocycles. The molecule has 2 heterocycles. The summed E-state index contributed by atoms with van der Waals surface area (Å²) < 4.78 is 17.4. The highest BCUT2D eigenvalue weighted by Gasteiger charge is 2.46. The molecule has 0 saturated carbocycles. The average molecular weight is 565 g/mol. The molecule has 1 fully saturated rings. The molecule has 8 heteroatoms. The van der Waals surface area contributed by atoms with Crippen LogP contribution >= 0.6 is 0 Å². The summed E-state index contributed by atoms with van der Waals surface area (Å²) in [5.41, 5.74) is 2.75. The predicted molar refractivity (Wildman–Crippen MR) is 158 cm³/mol. The molecule has 214 valence electrons. The fraction of sp³-hybridized carbons (Fsp3) is 0.206. The molecule has 3 aromatic carbocycles. The van der Waals surface area contributed by atoms with Crippen molar-refractivity contribution in [3.63, 3.8) is 0 Å². The molecule has 8 nitrogen and oxygen atoms in total. The maximum atomic E-state index is 13.5. The lowest BCUT2D eigenvalue weighted by Crippen LogP contribution is -2.29. The quantitative estimate of drug-likeness (QED) is 0.134. The van der Waals surface area contributed by atoms with Crippen molar-refractivity contribution in [2.45, 2.75) is 32.5 Å². The SMILES string of the molecule is CCCOc1cccc(C(O)=C2C(=O)C(=O)N(Cc3ccncc3)C2c2ccc(OCc3ccccc3)c(OC)c2)c1. The van der Waals surface area contributed by atoms with Gasteiger partial charge in [-0.15, -0.1) is 0 Å². The second kappa shape index (κ2) is 13.0. The number of likely N-dealkylation sites (tertiary alicyclic amines) is 1. The van der Waals surface area contributed by atoms with E-state index in [-0.39, 0.29) is 17.9 Å². The van der Waals surface area contributed by atoms with Gasteiger partial charge in [0.2, 0.25) is 0 Å². The number of ketones is 1. The van der Waals surface area contributed by atoms with Crippen molar-refractivity contribution in [3.05, 3.63) is 125 Å². The van der Waals surface area contributed by atoms with E-state index in [9.17, 15) is 14.7 Å². The van der Waals surface area contributed by atoms with Gasteiger partial charge in [-0.3, -0.25) is 14.6 Å². The predicted octanol–water partition coefficient (Wildman–Crippen LogP) is 6.08. The first kappa shape index (κ1) is 28.4. The normalized spacial score (nSPS) is 16.0. The molecule has 4 aromatic rings. The number of amides is 1. The van der Waals surface area contributed by atoms with E-state index >= 15 is 0 Å². The van der Waals surface area contributed by atoms with Crippen molar-refractivity contribution >= 4 is 17.4 Å². The molecular weight excluding hydrogens is 532 g/mol. The second-order valence-electron chi connectivity index (χ2n) is 9.84. The Morgan fingerprint density at radius 2 is 1.67 bits per heavy atom. The number of pyridine rings is 1. The lowest BCUT2D eigenvalue weighted by atomic mass is 9.94. The third-order valence-electron chi connectivity index (χ3n) is 6.96. The van der Waals surface area contributed by atoms with Crippen LogP contribution < -0.4 is 14.2 Å². The van der Waals surface area contributed by atoms with E-state index in [1.54, 1.807) is 67.0 Å². The largest absolute Gasteiger partial charge is 0.507 e. The Bertz CT molecular complexity index is 1590. The summed E-state index contributed by atoms with van der Waals surface area (Å²) in [6, 6.07) is 24.6. The molecular formula is C34H32N2O6. The number of ether oxygens (including phenoxy) is 3. The molecule has 0 bridgehead atoms. The van der Waals surface area contributed by atoms with Gasteiger partial charge in [0.15, 0.2) is 11.5 Å². The van der Waals surface area contributed by atoms with Gasteiger partial charge in [0.05, 0.1) is 25.3 Å². The number of benzene rings is 3. The van der Waals surface area contributed by atoms with Crippen molar-refractivity contribution in [1.29, 1.82) is 0 Å². The van der Waals surface area contributed by atoms with E-state index in [0.29, 0.717) is 41.6 Å². The molecule has 0 spiro atoms. The number of hydrogen-bond donors (Lipinski definition) is 1. The maximum Gasteiger partial charge on any atom is 0.295 e. The molecule has 42 heavy (non-hydrogen) atoms. The Morgan fingerprint density at radius 3 is 2.40 bits per heavy atom. The highest BCUT2D eigenvalue weighted by atomic mass is 16.5. The van der Waals surface area contributed by atoms with Crippen LogP contribution in [0.15, 0.2) is 103 Å². The summed E-state index contributed by atoms with van der Waals surface area (Å²) in [5, 5.41) is 11.5. The number of hydrogen-bond acceptors (Lipinski definition) is 7. The Kier molecular flexibility index (Phi) is 8.82. The van der Waals surface area contributed by atoms with Crippen LogP contribution in [0.2, 0.25) is 0 Å². The van der Waals surface area contributed by atoms with Gasteiger partial charge in [0.1, 0.15) is 18.1 Å². The molecule has 1 aliphatic rings. The van der Waals surface area contributed by atoms with Gasteiger partial charge in [0, 0.05) is 24.5 Å². The third kappa shape index (κ3) is 6.12. The molecule has 1 amide bonds. The van der Waals surface area contributed by atoms with Crippen LogP contribution in [0.1, 0.15) is 41.6 Å². The van der Waals surface area contributed by atoms with Gasteiger partial charge >= 0.3 is 0 Å². The van der Waals surface area contributed by atoms with Gasteiger partial charge in [-0.1, -0.05) is 55.5 Å². The van der Waals surface area contributed by atoms with Crippen molar-refractivity contribution in [3.8, 4) is 17.2 Å². The van der Waals surface area contributed by atoms with Crippen LogP contribution in [-0.4, -0.2) is 40.4 Å². The van der Waals surface area contributed by atoms with Crippen LogP contribution in [-0.2, 0) is 22.7 Å². The van der Waals surface area contributed by atoms with Crippen LogP contribution in [0.3, 0.4) is 0 Å². The molecule has 1 N–H and O–H groups in total. The van der Waals surface area contributed by atoms with Gasteiger partial charge < -0.3 is 24.2 Å². The highest BCUT2D eigenvalue weighted by molar-refractivity contribution is 6.46. The molecule has 0 aliphatic carbocycles. The number of Topliss-reactive ketones (excluding diaryl/α,β-unsaturated/α-hetero) is 1. The van der Waals surface area contributed by atoms with Crippen LogP contribution in [0.5, 0.6) is 17.2 Å². The van der Waals surface area contributed by atoms with Gasteiger partial charge in [-0.2, -0.15) is 0 Å². The Labute approximate surface area is 244 Å². The van der Waals surface area contributed by atoms with E-state index in [2.05, 4.69) is 4.98 Å². The van der Waals surface area contributed by atoms with Gasteiger partial charge in [-0.25, -0.2) is 0 Å². The molecule has 5 rings (SSSR count).